The van der Waals surface area contributed by atoms with Gasteiger partial charge in [-0.05, 0) is 62.6 Å². The number of aryl methyl sites for hydroxylation is 2. The second-order valence-corrected chi connectivity index (χ2v) is 9.88. The van der Waals surface area contributed by atoms with E-state index in [9.17, 15) is 8.42 Å². The zero-order valence-corrected chi connectivity index (χ0v) is 17.8. The molecular formula is C24H33NO2S. The number of nitrogens with one attached hydrogen (secondary N) is 1. The Kier molecular flexibility index (Phi) is 7.69. The lowest BCUT2D eigenvalue weighted by atomic mass is 9.82. The summed E-state index contributed by atoms with van der Waals surface area (Å²) in [6, 6.07) is 17.7. The van der Waals surface area contributed by atoms with Crippen LogP contribution in [0.25, 0.3) is 0 Å². The molecule has 152 valence electrons. The summed E-state index contributed by atoms with van der Waals surface area (Å²) in [5.74, 6) is 0.464. The summed E-state index contributed by atoms with van der Waals surface area (Å²) in [7, 11) is -3.46. The maximum Gasteiger partial charge on any atom is 0.240 e. The second kappa shape index (κ2) is 10.2. The summed E-state index contributed by atoms with van der Waals surface area (Å²) in [5.41, 5.74) is 2.43. The van der Waals surface area contributed by atoms with Crippen LogP contribution in [0.4, 0.5) is 0 Å². The maximum atomic E-state index is 12.9. The first kappa shape index (κ1) is 21.1. The summed E-state index contributed by atoms with van der Waals surface area (Å²) in [6.45, 7) is 1.97. The van der Waals surface area contributed by atoms with Gasteiger partial charge in [-0.15, -0.1) is 0 Å². The second-order valence-electron chi connectivity index (χ2n) is 8.17. The Labute approximate surface area is 170 Å². The van der Waals surface area contributed by atoms with Crippen molar-refractivity contribution in [3.05, 3.63) is 65.7 Å². The highest BCUT2D eigenvalue weighted by Gasteiger charge is 2.28. The van der Waals surface area contributed by atoms with Crippen molar-refractivity contribution in [1.29, 1.82) is 0 Å². The first-order valence-electron chi connectivity index (χ1n) is 10.7. The molecule has 1 aliphatic rings. The molecule has 28 heavy (non-hydrogen) atoms. The largest absolute Gasteiger partial charge is 0.240 e. The molecule has 0 aliphatic heterocycles. The molecule has 2 aromatic carbocycles. The van der Waals surface area contributed by atoms with Crippen molar-refractivity contribution in [3.8, 4) is 0 Å². The lowest BCUT2D eigenvalue weighted by Crippen LogP contribution is -2.41. The monoisotopic (exact) mass is 399 g/mol. The van der Waals surface area contributed by atoms with Crippen LogP contribution in [0.1, 0.15) is 62.5 Å². The summed E-state index contributed by atoms with van der Waals surface area (Å²) < 4.78 is 28.9. The van der Waals surface area contributed by atoms with E-state index in [-0.39, 0.29) is 6.04 Å². The average molecular weight is 400 g/mol. The summed E-state index contributed by atoms with van der Waals surface area (Å²) in [4.78, 5) is 0.378. The molecule has 1 saturated carbocycles. The SMILES string of the molecule is Cc1ccc(S(=O)(=O)NC(CCCCc2ccccc2)C2CCCCC2)cc1. The van der Waals surface area contributed by atoms with Crippen LogP contribution in [-0.4, -0.2) is 14.5 Å². The zero-order valence-electron chi connectivity index (χ0n) is 16.9. The van der Waals surface area contributed by atoms with E-state index in [4.69, 9.17) is 0 Å². The fraction of sp³-hybridized carbons (Fsp3) is 0.500. The minimum atomic E-state index is -3.46. The predicted molar refractivity (Wildman–Crippen MR) is 116 cm³/mol. The smallest absolute Gasteiger partial charge is 0.208 e. The van der Waals surface area contributed by atoms with Crippen LogP contribution < -0.4 is 4.72 Å². The predicted octanol–water partition coefficient (Wildman–Crippen LogP) is 5.64. The zero-order chi connectivity index (χ0) is 19.8. The molecule has 2 aromatic rings. The highest BCUT2D eigenvalue weighted by Crippen LogP contribution is 2.29. The Balaban J connectivity index is 1.62. The molecule has 3 rings (SSSR count). The van der Waals surface area contributed by atoms with Crippen LogP contribution >= 0.6 is 0 Å². The first-order chi connectivity index (χ1) is 13.5. The van der Waals surface area contributed by atoms with Gasteiger partial charge in [0, 0.05) is 6.04 Å². The van der Waals surface area contributed by atoms with Crippen molar-refractivity contribution in [3.63, 3.8) is 0 Å². The van der Waals surface area contributed by atoms with Gasteiger partial charge in [0.05, 0.1) is 4.90 Å². The van der Waals surface area contributed by atoms with Gasteiger partial charge in [-0.1, -0.05) is 73.7 Å². The van der Waals surface area contributed by atoms with E-state index in [2.05, 4.69) is 29.0 Å². The molecule has 1 fully saturated rings. The van der Waals surface area contributed by atoms with Gasteiger partial charge in [-0.25, -0.2) is 13.1 Å². The molecule has 0 bridgehead atoms. The Morgan fingerprint density at radius 3 is 2.29 bits per heavy atom. The van der Waals surface area contributed by atoms with Gasteiger partial charge in [-0.3, -0.25) is 0 Å². The van der Waals surface area contributed by atoms with Gasteiger partial charge in [0.25, 0.3) is 0 Å². The van der Waals surface area contributed by atoms with Crippen molar-refractivity contribution in [2.75, 3.05) is 0 Å². The molecule has 0 aromatic heterocycles. The van der Waals surface area contributed by atoms with Gasteiger partial charge >= 0.3 is 0 Å². The molecule has 0 saturated heterocycles. The van der Waals surface area contributed by atoms with Gasteiger partial charge in [-0.2, -0.15) is 0 Å². The number of unbranched alkanes of at least 4 members (excludes halogenated alkanes) is 1. The number of hydrogen-bond acceptors (Lipinski definition) is 2. The highest BCUT2D eigenvalue weighted by atomic mass is 32.2. The Morgan fingerprint density at radius 2 is 1.61 bits per heavy atom. The van der Waals surface area contributed by atoms with E-state index in [0.29, 0.717) is 10.8 Å². The highest BCUT2D eigenvalue weighted by molar-refractivity contribution is 7.89. The van der Waals surface area contributed by atoms with Gasteiger partial charge < -0.3 is 0 Å². The van der Waals surface area contributed by atoms with Crippen molar-refractivity contribution in [1.82, 2.24) is 4.72 Å². The standard InChI is InChI=1S/C24H33NO2S/c1-20-16-18-23(19-17-20)28(26,27)25-24(22-13-6-3-7-14-22)15-9-8-12-21-10-4-2-5-11-21/h2,4-5,10-11,16-19,22,24-25H,3,6-9,12-15H2,1H3. The van der Waals surface area contributed by atoms with Crippen molar-refractivity contribution >= 4 is 10.0 Å². The van der Waals surface area contributed by atoms with Gasteiger partial charge in [0.15, 0.2) is 0 Å². The number of sulfonamides is 1. The molecule has 1 atom stereocenters. The van der Waals surface area contributed by atoms with Crippen LogP contribution in [0, 0.1) is 12.8 Å². The maximum absolute atomic E-state index is 12.9. The Bertz CT molecular complexity index is 809. The minimum absolute atomic E-state index is 0.0439. The van der Waals surface area contributed by atoms with E-state index in [1.54, 1.807) is 12.1 Å². The lowest BCUT2D eigenvalue weighted by molar-refractivity contribution is 0.276. The molecule has 0 spiro atoms. The molecule has 4 heteroatoms. The van der Waals surface area contributed by atoms with Crippen molar-refractivity contribution < 1.29 is 8.42 Å². The molecule has 0 radical (unpaired) electrons. The lowest BCUT2D eigenvalue weighted by Gasteiger charge is -2.31. The van der Waals surface area contributed by atoms with Gasteiger partial charge in [0.2, 0.25) is 10.0 Å². The van der Waals surface area contributed by atoms with Crippen LogP contribution in [0.2, 0.25) is 0 Å². The molecular weight excluding hydrogens is 366 g/mol. The topological polar surface area (TPSA) is 46.2 Å². The molecule has 1 unspecified atom stereocenters. The van der Waals surface area contributed by atoms with Gasteiger partial charge in [0.1, 0.15) is 0 Å². The van der Waals surface area contributed by atoms with E-state index in [1.165, 1.54) is 24.8 Å². The average Bonchev–Trinajstić information content (AvgIpc) is 2.72. The fourth-order valence-corrected chi connectivity index (χ4v) is 5.59. The van der Waals surface area contributed by atoms with Crippen molar-refractivity contribution in [2.24, 2.45) is 5.92 Å². The third-order valence-electron chi connectivity index (χ3n) is 5.93. The summed E-state index contributed by atoms with van der Waals surface area (Å²) in [6.07, 6.45) is 10.1. The van der Waals surface area contributed by atoms with Crippen molar-refractivity contribution in [2.45, 2.75) is 75.6 Å². The van der Waals surface area contributed by atoms with Crippen LogP contribution in [0.15, 0.2) is 59.5 Å². The van der Waals surface area contributed by atoms with Crippen LogP contribution in [0.5, 0.6) is 0 Å². The van der Waals surface area contributed by atoms with E-state index < -0.39 is 10.0 Å². The molecule has 3 nitrogen and oxygen atoms in total. The Hall–Kier alpha value is -1.65. The molecule has 0 heterocycles. The van der Waals surface area contributed by atoms with Crippen LogP contribution in [0.3, 0.4) is 0 Å². The fourth-order valence-electron chi connectivity index (χ4n) is 4.25. The third kappa shape index (κ3) is 6.18. The van der Waals surface area contributed by atoms with E-state index in [1.807, 2.05) is 25.1 Å². The molecule has 1 aliphatic carbocycles. The van der Waals surface area contributed by atoms with E-state index in [0.717, 1.165) is 44.1 Å². The first-order valence-corrected chi connectivity index (χ1v) is 12.2. The third-order valence-corrected chi connectivity index (χ3v) is 7.44. The van der Waals surface area contributed by atoms with E-state index >= 15 is 0 Å². The number of rotatable bonds is 9. The summed E-state index contributed by atoms with van der Waals surface area (Å²) >= 11 is 0. The number of benzene rings is 2. The van der Waals surface area contributed by atoms with Crippen LogP contribution in [-0.2, 0) is 16.4 Å². The Morgan fingerprint density at radius 1 is 0.929 bits per heavy atom. The number of hydrogen-bond donors (Lipinski definition) is 1. The molecule has 0 amide bonds. The normalized spacial score (nSPS) is 16.8. The molecule has 1 N–H and O–H groups in total. The quantitative estimate of drug-likeness (QED) is 0.555. The minimum Gasteiger partial charge on any atom is -0.208 e. The summed E-state index contributed by atoms with van der Waals surface area (Å²) in [5, 5.41) is 0.